The predicted molar refractivity (Wildman–Crippen MR) is 149 cm³/mol. The van der Waals surface area contributed by atoms with Crippen LogP contribution >= 0.6 is 23.4 Å². The largest absolute Gasteiger partial charge is 0.465 e. The van der Waals surface area contributed by atoms with E-state index in [2.05, 4.69) is 6.08 Å². The summed E-state index contributed by atoms with van der Waals surface area (Å²) in [6.07, 6.45) is 10.6. The highest BCUT2D eigenvalue weighted by Crippen LogP contribution is 2.61. The number of hydrogen-bond acceptors (Lipinski definition) is 6. The second-order valence-electron chi connectivity index (χ2n) is 10.9. The van der Waals surface area contributed by atoms with Crippen molar-refractivity contribution in [2.45, 2.75) is 62.1 Å². The van der Waals surface area contributed by atoms with Crippen LogP contribution < -0.4 is 4.90 Å². The zero-order chi connectivity index (χ0) is 27.2. The first-order valence-electron chi connectivity index (χ1n) is 13.4. The molecule has 0 radical (unpaired) electrons. The first-order valence-corrected chi connectivity index (χ1v) is 14.7. The third-order valence-electron chi connectivity index (χ3n) is 8.31. The van der Waals surface area contributed by atoms with Gasteiger partial charge >= 0.3 is 5.97 Å². The van der Waals surface area contributed by atoms with Crippen molar-refractivity contribution in [2.24, 2.45) is 17.8 Å². The minimum Gasteiger partial charge on any atom is -0.465 e. The number of carbonyl (C=O) groups excluding carboxylic acids is 3. The summed E-state index contributed by atoms with van der Waals surface area (Å²) in [5.41, 5.74) is 1.47. The lowest BCUT2D eigenvalue weighted by molar-refractivity contribution is -0.153. The molecule has 0 saturated carbocycles. The lowest BCUT2D eigenvalue weighted by atomic mass is 9.78. The van der Waals surface area contributed by atoms with Gasteiger partial charge in [-0.05, 0) is 43.7 Å². The number of benzene rings is 1. The average Bonchev–Trinajstić information content (AvgIpc) is 3.26. The van der Waals surface area contributed by atoms with Crippen molar-refractivity contribution in [3.63, 3.8) is 0 Å². The van der Waals surface area contributed by atoms with Gasteiger partial charge in [0.25, 0.3) is 5.91 Å². The summed E-state index contributed by atoms with van der Waals surface area (Å²) in [5, 5.41) is 10.6. The van der Waals surface area contributed by atoms with Gasteiger partial charge in [-0.15, -0.1) is 11.8 Å². The number of amides is 2. The predicted octanol–water partition coefficient (Wildman–Crippen LogP) is 4.15. The molecule has 1 aromatic carbocycles. The van der Waals surface area contributed by atoms with E-state index in [9.17, 15) is 19.5 Å². The molecule has 0 aliphatic carbocycles. The third-order valence-corrected chi connectivity index (χ3v) is 10.4. The molecule has 4 aliphatic heterocycles. The molecule has 6 atom stereocenters. The van der Waals surface area contributed by atoms with Gasteiger partial charge in [0, 0.05) is 11.8 Å². The van der Waals surface area contributed by atoms with Crippen LogP contribution in [0.15, 0.2) is 42.5 Å². The van der Waals surface area contributed by atoms with Crippen molar-refractivity contribution < 1.29 is 24.2 Å². The Morgan fingerprint density at radius 3 is 2.68 bits per heavy atom. The van der Waals surface area contributed by atoms with Crippen LogP contribution in [0, 0.1) is 24.7 Å². The molecule has 1 spiro atoms. The SMILES string of the molecule is Cc1cccc(Cl)c1N1CC=C[C@]23S[C@@H]4/C=C\CCCCOC(=O)[C@@H]4[C@H]2C(=O)N([C@@H](CO)C(C)C)C3C1=O. The van der Waals surface area contributed by atoms with Crippen LogP contribution in [0.3, 0.4) is 0 Å². The number of aryl methyl sites for hydroxylation is 1. The van der Waals surface area contributed by atoms with E-state index in [-0.39, 0.29) is 42.1 Å². The molecule has 2 saturated heterocycles. The fraction of sp³-hybridized carbons (Fsp3) is 0.552. The summed E-state index contributed by atoms with van der Waals surface area (Å²) < 4.78 is 4.69. The molecule has 204 valence electrons. The zero-order valence-corrected chi connectivity index (χ0v) is 23.6. The molecule has 1 aromatic rings. The Bertz CT molecular complexity index is 1170. The van der Waals surface area contributed by atoms with Gasteiger partial charge in [0.15, 0.2) is 0 Å². The monoisotopic (exact) mass is 558 g/mol. The molecule has 2 fully saturated rings. The normalized spacial score (nSPS) is 32.9. The molecule has 1 unspecified atom stereocenters. The number of hydrogen-bond donors (Lipinski definition) is 1. The van der Waals surface area contributed by atoms with E-state index in [4.69, 9.17) is 16.3 Å². The quantitative estimate of drug-likeness (QED) is 0.441. The van der Waals surface area contributed by atoms with Gasteiger partial charge in [0.1, 0.15) is 6.04 Å². The maximum absolute atomic E-state index is 14.6. The summed E-state index contributed by atoms with van der Waals surface area (Å²) in [6, 6.07) is 4.02. The van der Waals surface area contributed by atoms with E-state index in [1.54, 1.807) is 15.9 Å². The fourth-order valence-electron chi connectivity index (χ4n) is 6.50. The lowest BCUT2D eigenvalue weighted by Gasteiger charge is -2.40. The van der Waals surface area contributed by atoms with Gasteiger partial charge in [0.2, 0.25) is 5.91 Å². The molecule has 2 amide bonds. The van der Waals surface area contributed by atoms with Crippen LogP contribution in [-0.4, -0.2) is 69.6 Å². The number of thioether (sulfide) groups is 1. The topological polar surface area (TPSA) is 87.2 Å². The van der Waals surface area contributed by atoms with Crippen molar-refractivity contribution in [3.8, 4) is 0 Å². The van der Waals surface area contributed by atoms with Gasteiger partial charge < -0.3 is 19.6 Å². The van der Waals surface area contributed by atoms with E-state index < -0.39 is 28.7 Å². The van der Waals surface area contributed by atoms with E-state index in [0.29, 0.717) is 17.3 Å². The Hall–Kier alpha value is -2.29. The molecule has 9 heteroatoms. The number of aliphatic hydroxyl groups is 1. The van der Waals surface area contributed by atoms with E-state index in [1.165, 1.54) is 11.8 Å². The number of halogens is 1. The molecule has 38 heavy (non-hydrogen) atoms. The maximum Gasteiger partial charge on any atom is 0.311 e. The molecule has 0 aromatic heterocycles. The van der Waals surface area contributed by atoms with Crippen molar-refractivity contribution in [3.05, 3.63) is 53.1 Å². The van der Waals surface area contributed by atoms with E-state index >= 15 is 0 Å². The second kappa shape index (κ2) is 10.7. The zero-order valence-electron chi connectivity index (χ0n) is 22.0. The van der Waals surface area contributed by atoms with Gasteiger partial charge in [-0.3, -0.25) is 14.4 Å². The first-order chi connectivity index (χ1) is 18.2. The molecule has 4 heterocycles. The highest BCUT2D eigenvalue weighted by molar-refractivity contribution is 8.02. The van der Waals surface area contributed by atoms with Crippen LogP contribution in [0.25, 0.3) is 0 Å². The van der Waals surface area contributed by atoms with E-state index in [1.807, 2.05) is 51.1 Å². The summed E-state index contributed by atoms with van der Waals surface area (Å²) in [7, 11) is 0. The molecular weight excluding hydrogens is 524 g/mol. The number of likely N-dealkylation sites (tertiary alicyclic amines) is 1. The van der Waals surface area contributed by atoms with E-state index in [0.717, 1.165) is 24.8 Å². The van der Waals surface area contributed by atoms with Crippen LogP contribution in [0.2, 0.25) is 5.02 Å². The van der Waals surface area contributed by atoms with Crippen LogP contribution in [0.4, 0.5) is 5.69 Å². The Morgan fingerprint density at radius 1 is 1.18 bits per heavy atom. The highest BCUT2D eigenvalue weighted by Gasteiger charge is 2.72. The standard InChI is InChI=1S/C29H35ClN2O5S/c1-17(2)20(16-33)32-25-27(35)31(24-18(3)10-8-11-19(24)30)14-9-13-29(25)23(26(32)34)22-21(38-29)12-6-4-5-7-15-37-28(22)36/h6,8-13,17,20-23,25,33H,4-5,7,14-16H2,1-3H3/b12-6-/t20-,21+,22-,23-,25?,29-/m0/s1. The van der Waals surface area contributed by atoms with Crippen molar-refractivity contribution >= 4 is 46.8 Å². The first kappa shape index (κ1) is 27.3. The van der Waals surface area contributed by atoms with Gasteiger partial charge in [-0.25, -0.2) is 0 Å². The molecule has 7 nitrogen and oxygen atoms in total. The lowest BCUT2D eigenvalue weighted by Crippen LogP contribution is -2.57. The van der Waals surface area contributed by atoms with Gasteiger partial charge in [0.05, 0.1) is 46.5 Å². The Labute approximate surface area is 233 Å². The number of para-hydroxylation sites is 1. The van der Waals surface area contributed by atoms with Crippen LogP contribution in [0.1, 0.15) is 38.7 Å². The Kier molecular flexibility index (Phi) is 7.68. The number of aliphatic hydroxyl groups excluding tert-OH is 1. The third kappa shape index (κ3) is 4.29. The molecular formula is C29H35ClN2O5S. The maximum atomic E-state index is 14.6. The number of cyclic esters (lactones) is 1. The second-order valence-corrected chi connectivity index (χ2v) is 12.8. The number of ether oxygens (including phenoxy) is 1. The minimum atomic E-state index is -0.979. The highest BCUT2D eigenvalue weighted by atomic mass is 35.5. The summed E-state index contributed by atoms with van der Waals surface area (Å²) in [5.74, 6) is -2.52. The summed E-state index contributed by atoms with van der Waals surface area (Å²) in [6.45, 7) is 6.09. The summed E-state index contributed by atoms with van der Waals surface area (Å²) >= 11 is 8.12. The number of carbonyl (C=O) groups is 3. The molecule has 5 rings (SSSR count). The minimum absolute atomic E-state index is 0.105. The number of fused-ring (bicyclic) bond motifs is 2. The summed E-state index contributed by atoms with van der Waals surface area (Å²) in [4.78, 5) is 45.7. The van der Waals surface area contributed by atoms with Crippen molar-refractivity contribution in [2.75, 3.05) is 24.7 Å². The molecule has 1 N–H and O–H groups in total. The fourth-order valence-corrected chi connectivity index (χ4v) is 8.81. The Morgan fingerprint density at radius 2 is 1.97 bits per heavy atom. The van der Waals surface area contributed by atoms with Crippen molar-refractivity contribution in [1.82, 2.24) is 4.90 Å². The smallest absolute Gasteiger partial charge is 0.311 e. The van der Waals surface area contributed by atoms with Crippen molar-refractivity contribution in [1.29, 1.82) is 0 Å². The molecule has 0 bridgehead atoms. The number of anilines is 1. The number of rotatable bonds is 4. The van der Waals surface area contributed by atoms with Gasteiger partial charge in [-0.1, -0.05) is 61.9 Å². The Balaban J connectivity index is 1.68. The van der Waals surface area contributed by atoms with Crippen LogP contribution in [0.5, 0.6) is 0 Å². The molecule has 4 aliphatic rings. The number of esters is 1. The number of allylic oxidation sites excluding steroid dienone is 1. The van der Waals surface area contributed by atoms with Crippen LogP contribution in [-0.2, 0) is 19.1 Å². The van der Waals surface area contributed by atoms with Gasteiger partial charge in [-0.2, -0.15) is 0 Å². The number of nitrogens with zero attached hydrogens (tertiary/aromatic N) is 2. The average molecular weight is 559 g/mol.